The third-order valence-corrected chi connectivity index (χ3v) is 12.3. The summed E-state index contributed by atoms with van der Waals surface area (Å²) in [6.45, 7) is 5.93. The first-order valence-corrected chi connectivity index (χ1v) is 19.2. The number of likely N-dealkylation sites (N-methyl/N-ethyl adjacent to an activating group) is 1. The van der Waals surface area contributed by atoms with Crippen LogP contribution < -0.4 is 24.8 Å². The van der Waals surface area contributed by atoms with Crippen molar-refractivity contribution in [2.75, 3.05) is 31.6 Å². The zero-order chi connectivity index (χ0) is 34.9. The molecule has 6 atom stereocenters. The maximum absolute atomic E-state index is 13.6. The number of nitrogens with two attached hydrogens (primary N) is 1. The summed E-state index contributed by atoms with van der Waals surface area (Å²) in [6.07, 6.45) is 11.5. The summed E-state index contributed by atoms with van der Waals surface area (Å²) in [5.41, 5.74) is 6.80. The van der Waals surface area contributed by atoms with Crippen molar-refractivity contribution in [2.45, 2.75) is 89.0 Å². The van der Waals surface area contributed by atoms with Crippen LogP contribution in [0.15, 0.2) is 36.5 Å². The molecule has 1 aromatic carbocycles. The maximum Gasteiger partial charge on any atom is 0.240 e. The van der Waals surface area contributed by atoms with Crippen LogP contribution in [-0.2, 0) is 24.4 Å². The van der Waals surface area contributed by atoms with Crippen molar-refractivity contribution < 1.29 is 32.3 Å². The van der Waals surface area contributed by atoms with E-state index in [1.54, 1.807) is 11.1 Å². The summed E-state index contributed by atoms with van der Waals surface area (Å²) in [7, 11) is -1.47. The number of hydrogen-bond acceptors (Lipinski definition) is 9. The van der Waals surface area contributed by atoms with Gasteiger partial charge in [0.1, 0.15) is 18.8 Å². The van der Waals surface area contributed by atoms with Crippen LogP contribution in [0.3, 0.4) is 0 Å². The number of aromatic nitrogens is 1. The Bertz CT molecular complexity index is 1710. The minimum Gasteiger partial charge on any atom is -0.489 e. The van der Waals surface area contributed by atoms with E-state index in [4.69, 9.17) is 15.2 Å². The molecule has 6 rings (SSSR count). The van der Waals surface area contributed by atoms with Crippen LogP contribution in [0.2, 0.25) is 0 Å². The molecule has 6 unspecified atom stereocenters. The Labute approximate surface area is 288 Å². The second-order valence-corrected chi connectivity index (χ2v) is 16.3. The number of benzene rings is 1. The van der Waals surface area contributed by atoms with Crippen molar-refractivity contribution in [1.29, 1.82) is 0 Å². The van der Waals surface area contributed by atoms with E-state index in [0.29, 0.717) is 50.5 Å². The van der Waals surface area contributed by atoms with Crippen molar-refractivity contribution in [2.24, 2.45) is 29.4 Å². The number of amides is 3. The fourth-order valence-electron chi connectivity index (χ4n) is 7.23. The Balaban J connectivity index is 0.985. The molecule has 1 saturated heterocycles. The van der Waals surface area contributed by atoms with Gasteiger partial charge in [-0.1, -0.05) is 32.4 Å². The largest absolute Gasteiger partial charge is 0.489 e. The predicted molar refractivity (Wildman–Crippen MR) is 186 cm³/mol. The van der Waals surface area contributed by atoms with Gasteiger partial charge in [0.15, 0.2) is 5.75 Å². The number of ether oxygens (including phenoxy) is 2. The average Bonchev–Trinajstić information content (AvgIpc) is 4.00. The van der Waals surface area contributed by atoms with Crippen molar-refractivity contribution >= 4 is 44.2 Å². The number of nitrogens with one attached hydrogen (secondary N) is 1. The van der Waals surface area contributed by atoms with E-state index in [2.05, 4.69) is 34.5 Å². The van der Waals surface area contributed by atoms with E-state index in [1.165, 1.54) is 0 Å². The number of hydrogen-bond donors (Lipinski definition) is 2. The number of sulfonamides is 1. The standard InChI is InChI=1S/C36H49N5O7S/c1-4-23(17-22(2)7-5-6-8-24-19-29(24)35(44)39-49(45,46)26-9-10-26)18-32(42)41-21-25(20-31(41)34(37)43)48-36-28-11-12-30-33(27(28)13-14-38-36)47-16-15-40(30)3/h6,8,11-14,22-26,29,31H,4-5,7,9-10,15-21H2,1-3H3,(H2,37,43)(H,39,44)/b8-6-. The predicted octanol–water partition coefficient (Wildman–Crippen LogP) is 3.92. The third kappa shape index (κ3) is 8.13. The summed E-state index contributed by atoms with van der Waals surface area (Å²) in [5.74, 6) is 0.593. The smallest absolute Gasteiger partial charge is 0.240 e. The quantitative estimate of drug-likeness (QED) is 0.263. The Morgan fingerprint density at radius 3 is 2.71 bits per heavy atom. The molecule has 2 aliphatic heterocycles. The molecule has 2 saturated carbocycles. The number of carbonyl (C=O) groups is 3. The highest BCUT2D eigenvalue weighted by atomic mass is 32.2. The first-order valence-electron chi connectivity index (χ1n) is 17.7. The molecule has 3 heterocycles. The maximum atomic E-state index is 13.6. The van der Waals surface area contributed by atoms with Crippen LogP contribution in [0.1, 0.15) is 71.6 Å². The molecule has 2 aliphatic carbocycles. The molecular formula is C36H49N5O7S. The summed E-state index contributed by atoms with van der Waals surface area (Å²) >= 11 is 0. The molecule has 3 N–H and O–H groups in total. The fourth-order valence-corrected chi connectivity index (χ4v) is 8.59. The van der Waals surface area contributed by atoms with E-state index in [-0.39, 0.29) is 36.1 Å². The van der Waals surface area contributed by atoms with Gasteiger partial charge in [-0.15, -0.1) is 0 Å². The number of anilines is 1. The first kappa shape index (κ1) is 35.0. The van der Waals surface area contributed by atoms with Crippen LogP contribution in [0, 0.1) is 23.7 Å². The Morgan fingerprint density at radius 1 is 1.18 bits per heavy atom. The van der Waals surface area contributed by atoms with Gasteiger partial charge in [-0.05, 0) is 74.5 Å². The van der Waals surface area contributed by atoms with Crippen molar-refractivity contribution in [3.05, 3.63) is 36.5 Å². The topological polar surface area (TPSA) is 161 Å². The lowest BCUT2D eigenvalue weighted by Crippen LogP contribution is -2.44. The minimum absolute atomic E-state index is 0.0908. The lowest BCUT2D eigenvalue weighted by Gasteiger charge is -2.28. The first-order chi connectivity index (χ1) is 23.4. The molecule has 3 fully saturated rings. The zero-order valence-electron chi connectivity index (χ0n) is 28.7. The molecule has 12 nitrogen and oxygen atoms in total. The SMILES string of the molecule is CCC(CC(=O)N1CC(Oc2nccc3c4c(ccc23)N(C)CCO4)CC1C(N)=O)CC(C)CC/C=C\C1CC1C(=O)NS(=O)(=O)C1CC1. The van der Waals surface area contributed by atoms with Gasteiger partial charge in [-0.3, -0.25) is 19.1 Å². The molecule has 266 valence electrons. The number of fused-ring (bicyclic) bond motifs is 3. The molecule has 49 heavy (non-hydrogen) atoms. The van der Waals surface area contributed by atoms with Crippen LogP contribution >= 0.6 is 0 Å². The number of rotatable bonds is 15. The lowest BCUT2D eigenvalue weighted by molar-refractivity contribution is -0.138. The number of pyridine rings is 1. The molecular weight excluding hydrogens is 646 g/mol. The number of allylic oxidation sites excluding steroid dienone is 2. The number of likely N-dealkylation sites (tertiary alicyclic amines) is 1. The van der Waals surface area contributed by atoms with Crippen molar-refractivity contribution in [3.63, 3.8) is 0 Å². The highest BCUT2D eigenvalue weighted by molar-refractivity contribution is 7.90. The monoisotopic (exact) mass is 695 g/mol. The van der Waals surface area contributed by atoms with E-state index >= 15 is 0 Å². The van der Waals surface area contributed by atoms with Gasteiger partial charge >= 0.3 is 0 Å². The van der Waals surface area contributed by atoms with E-state index < -0.39 is 33.3 Å². The van der Waals surface area contributed by atoms with Gasteiger partial charge in [0.25, 0.3) is 0 Å². The third-order valence-electron chi connectivity index (χ3n) is 10.5. The lowest BCUT2D eigenvalue weighted by atomic mass is 9.88. The zero-order valence-corrected chi connectivity index (χ0v) is 29.5. The van der Waals surface area contributed by atoms with Crippen molar-refractivity contribution in [3.8, 4) is 11.6 Å². The normalized spacial score (nSPS) is 24.7. The summed E-state index contributed by atoms with van der Waals surface area (Å²) < 4.78 is 38.7. The molecule has 2 aromatic rings. The Morgan fingerprint density at radius 2 is 1.98 bits per heavy atom. The summed E-state index contributed by atoms with van der Waals surface area (Å²) in [4.78, 5) is 46.6. The minimum atomic E-state index is -3.50. The Hall–Kier alpha value is -3.87. The molecule has 3 amide bonds. The summed E-state index contributed by atoms with van der Waals surface area (Å²) in [6, 6.07) is 5.15. The Kier molecular flexibility index (Phi) is 10.4. The van der Waals surface area contributed by atoms with Crippen molar-refractivity contribution in [1.82, 2.24) is 14.6 Å². The molecule has 0 radical (unpaired) electrons. The van der Waals surface area contributed by atoms with Crippen LogP contribution in [0.5, 0.6) is 11.6 Å². The molecule has 0 bridgehead atoms. The molecule has 4 aliphatic rings. The van der Waals surface area contributed by atoms with Crippen LogP contribution in [0.4, 0.5) is 5.69 Å². The van der Waals surface area contributed by atoms with Crippen LogP contribution in [0.25, 0.3) is 10.8 Å². The second-order valence-electron chi connectivity index (χ2n) is 14.4. The van der Waals surface area contributed by atoms with Gasteiger partial charge in [0.2, 0.25) is 33.6 Å². The van der Waals surface area contributed by atoms with Gasteiger partial charge in [0, 0.05) is 42.8 Å². The van der Waals surface area contributed by atoms with Gasteiger partial charge in [-0.2, -0.15) is 0 Å². The van der Waals surface area contributed by atoms with E-state index in [0.717, 1.165) is 54.4 Å². The summed E-state index contributed by atoms with van der Waals surface area (Å²) in [5, 5.41) is 1.32. The van der Waals surface area contributed by atoms with Gasteiger partial charge in [-0.25, -0.2) is 13.4 Å². The second kappa shape index (κ2) is 14.5. The van der Waals surface area contributed by atoms with Crippen LogP contribution in [-0.4, -0.2) is 80.2 Å². The number of carbonyl (C=O) groups excluding carboxylic acids is 3. The highest BCUT2D eigenvalue weighted by Crippen LogP contribution is 2.42. The van der Waals surface area contributed by atoms with Gasteiger partial charge < -0.3 is 25.0 Å². The van der Waals surface area contributed by atoms with E-state index in [1.807, 2.05) is 31.3 Å². The average molecular weight is 696 g/mol. The molecule has 13 heteroatoms. The fraction of sp³-hybridized carbons (Fsp3) is 0.611. The van der Waals surface area contributed by atoms with Gasteiger partial charge in [0.05, 0.1) is 24.0 Å². The van der Waals surface area contributed by atoms with E-state index in [9.17, 15) is 22.8 Å². The molecule has 1 aromatic heterocycles. The molecule has 0 spiro atoms. The highest BCUT2D eigenvalue weighted by Gasteiger charge is 2.45. The number of nitrogens with zero attached hydrogens (tertiary/aromatic N) is 3. The number of primary amides is 1.